The molecule has 1 aromatic heterocycles. The summed E-state index contributed by atoms with van der Waals surface area (Å²) in [4.78, 5) is 4.80. The molecule has 186 valence electrons. The highest BCUT2D eigenvalue weighted by Gasteiger charge is 2.46. The van der Waals surface area contributed by atoms with E-state index in [0.29, 0.717) is 0 Å². The maximum absolute atomic E-state index is 6.94. The molecule has 0 aliphatic carbocycles. The summed E-state index contributed by atoms with van der Waals surface area (Å²) in [6.45, 7) is -0.0205. The van der Waals surface area contributed by atoms with Crippen molar-refractivity contribution < 1.29 is 4.42 Å². The van der Waals surface area contributed by atoms with Crippen LogP contribution in [0.3, 0.4) is 0 Å². The summed E-state index contributed by atoms with van der Waals surface area (Å²) < 4.78 is 6.94. The summed E-state index contributed by atoms with van der Waals surface area (Å²) in [7, 11) is 0. The minimum atomic E-state index is -0.0205. The quantitative estimate of drug-likeness (QED) is 0.223. The Kier molecular flexibility index (Phi) is 4.41. The standard InChI is InChI=1S/C36H23BN2O/c1-3-14-26(15-4-1)38-30-19-10-9-18-29(30)37-34-31(38)20-11-21-32(34)39(27-16-5-2-6-17-27)35-28-22-24-12-7-8-13-25(24)23-33(28)40-36(35)37/h1-23H. The SMILES string of the molecule is c1ccc(N2c3ccccc3B3c4oc5cc6ccccc6cc5c4N(c4ccccc4)c4cccc2c43)cc1. The molecule has 0 bridgehead atoms. The van der Waals surface area contributed by atoms with Gasteiger partial charge in [-0.1, -0.05) is 84.9 Å². The molecule has 3 nitrogen and oxygen atoms in total. The Balaban J connectivity index is 1.42. The molecule has 0 atom stereocenters. The maximum Gasteiger partial charge on any atom is 0.297 e. The van der Waals surface area contributed by atoms with Gasteiger partial charge >= 0.3 is 0 Å². The average molecular weight is 510 g/mol. The maximum atomic E-state index is 6.94. The second-order valence-corrected chi connectivity index (χ2v) is 10.6. The van der Waals surface area contributed by atoms with Crippen LogP contribution in [0.2, 0.25) is 0 Å². The molecule has 7 aromatic rings. The Hall–Kier alpha value is -5.22. The van der Waals surface area contributed by atoms with Gasteiger partial charge in [0, 0.05) is 33.8 Å². The molecule has 0 amide bonds. The van der Waals surface area contributed by atoms with Gasteiger partial charge in [-0.15, -0.1) is 0 Å². The summed E-state index contributed by atoms with van der Waals surface area (Å²) in [5.41, 5.74) is 11.4. The van der Waals surface area contributed by atoms with E-state index in [1.165, 1.54) is 38.8 Å². The highest BCUT2D eigenvalue weighted by molar-refractivity contribution is 6.99. The lowest BCUT2D eigenvalue weighted by Crippen LogP contribution is -2.60. The van der Waals surface area contributed by atoms with Gasteiger partial charge in [0.25, 0.3) is 6.71 Å². The molecule has 2 aliphatic rings. The molecule has 0 saturated heterocycles. The minimum absolute atomic E-state index is 0.0205. The third kappa shape index (κ3) is 2.90. The number of para-hydroxylation sites is 3. The summed E-state index contributed by atoms with van der Waals surface area (Å²) in [6, 6.07) is 49.9. The van der Waals surface area contributed by atoms with Crippen molar-refractivity contribution in [2.75, 3.05) is 9.80 Å². The molecule has 40 heavy (non-hydrogen) atoms. The van der Waals surface area contributed by atoms with Crippen LogP contribution in [-0.4, -0.2) is 6.71 Å². The molecule has 0 unspecified atom stereocenters. The first-order valence-corrected chi connectivity index (χ1v) is 13.7. The van der Waals surface area contributed by atoms with Crippen LogP contribution in [0.15, 0.2) is 144 Å². The van der Waals surface area contributed by atoms with Crippen LogP contribution >= 0.6 is 0 Å². The normalized spacial score (nSPS) is 13.3. The number of anilines is 6. The third-order valence-corrected chi connectivity index (χ3v) is 8.39. The summed E-state index contributed by atoms with van der Waals surface area (Å²) in [5.74, 6) is 0. The van der Waals surface area contributed by atoms with Crippen molar-refractivity contribution in [2.45, 2.75) is 0 Å². The zero-order valence-electron chi connectivity index (χ0n) is 21.7. The van der Waals surface area contributed by atoms with Gasteiger partial charge in [-0.3, -0.25) is 0 Å². The smallest absolute Gasteiger partial charge is 0.297 e. The van der Waals surface area contributed by atoms with Gasteiger partial charge in [0.2, 0.25) is 0 Å². The van der Waals surface area contributed by atoms with E-state index in [1.807, 2.05) is 0 Å². The lowest BCUT2D eigenvalue weighted by Gasteiger charge is -2.42. The number of nitrogens with zero attached hydrogens (tertiary/aromatic N) is 2. The van der Waals surface area contributed by atoms with Crippen LogP contribution in [0, 0.1) is 0 Å². The lowest BCUT2D eigenvalue weighted by atomic mass is 9.35. The topological polar surface area (TPSA) is 19.6 Å². The van der Waals surface area contributed by atoms with Gasteiger partial charge in [-0.05, 0) is 76.3 Å². The van der Waals surface area contributed by atoms with Gasteiger partial charge in [0.05, 0.1) is 11.3 Å². The van der Waals surface area contributed by atoms with Crippen LogP contribution in [0.5, 0.6) is 0 Å². The van der Waals surface area contributed by atoms with E-state index in [9.17, 15) is 0 Å². The second-order valence-electron chi connectivity index (χ2n) is 10.6. The van der Waals surface area contributed by atoms with Gasteiger partial charge in [0.1, 0.15) is 5.58 Å². The molecule has 0 radical (unpaired) electrons. The number of fused-ring (bicyclic) bond motifs is 7. The Morgan fingerprint density at radius 2 is 1.07 bits per heavy atom. The third-order valence-electron chi connectivity index (χ3n) is 8.39. The molecule has 0 saturated carbocycles. The van der Waals surface area contributed by atoms with Crippen LogP contribution in [0.4, 0.5) is 34.1 Å². The van der Waals surface area contributed by atoms with Crippen LogP contribution in [0.25, 0.3) is 21.7 Å². The molecular weight excluding hydrogens is 487 g/mol. The van der Waals surface area contributed by atoms with Gasteiger partial charge in [0.15, 0.2) is 0 Å². The zero-order valence-corrected chi connectivity index (χ0v) is 21.7. The first-order valence-electron chi connectivity index (χ1n) is 13.7. The average Bonchev–Trinajstić information content (AvgIpc) is 3.38. The van der Waals surface area contributed by atoms with Crippen molar-refractivity contribution in [3.63, 3.8) is 0 Å². The highest BCUT2D eigenvalue weighted by Crippen LogP contribution is 2.46. The Labute approximate surface area is 232 Å². The van der Waals surface area contributed by atoms with E-state index in [4.69, 9.17) is 4.42 Å². The molecule has 6 aromatic carbocycles. The fraction of sp³-hybridized carbons (Fsp3) is 0. The van der Waals surface area contributed by atoms with Gasteiger partial charge in [-0.2, -0.15) is 0 Å². The van der Waals surface area contributed by atoms with Crippen LogP contribution < -0.4 is 26.4 Å². The Morgan fingerprint density at radius 3 is 1.82 bits per heavy atom. The number of hydrogen-bond acceptors (Lipinski definition) is 3. The predicted octanol–water partition coefficient (Wildman–Crippen LogP) is 7.67. The molecule has 4 heteroatoms. The van der Waals surface area contributed by atoms with E-state index in [0.717, 1.165) is 33.7 Å². The van der Waals surface area contributed by atoms with Crippen molar-refractivity contribution in [2.24, 2.45) is 0 Å². The molecule has 2 aliphatic heterocycles. The summed E-state index contributed by atoms with van der Waals surface area (Å²) >= 11 is 0. The fourth-order valence-corrected chi connectivity index (χ4v) is 6.76. The molecule has 0 fully saturated rings. The minimum Gasteiger partial charge on any atom is -0.468 e. The summed E-state index contributed by atoms with van der Waals surface area (Å²) in [5, 5.41) is 3.53. The van der Waals surface area contributed by atoms with Crippen LogP contribution in [-0.2, 0) is 0 Å². The van der Waals surface area contributed by atoms with Crippen LogP contribution in [0.1, 0.15) is 0 Å². The number of rotatable bonds is 2. The van der Waals surface area contributed by atoms with Crippen molar-refractivity contribution in [1.29, 1.82) is 0 Å². The van der Waals surface area contributed by atoms with Gasteiger partial charge < -0.3 is 14.2 Å². The molecule has 0 N–H and O–H groups in total. The highest BCUT2D eigenvalue weighted by atomic mass is 16.3. The van der Waals surface area contributed by atoms with E-state index in [-0.39, 0.29) is 6.71 Å². The van der Waals surface area contributed by atoms with Crippen molar-refractivity contribution in [3.05, 3.63) is 140 Å². The second kappa shape index (κ2) is 8.14. The molecule has 9 rings (SSSR count). The molecule has 3 heterocycles. The van der Waals surface area contributed by atoms with Crippen molar-refractivity contribution >= 4 is 79.2 Å². The molecule has 0 spiro atoms. The summed E-state index contributed by atoms with van der Waals surface area (Å²) in [6.07, 6.45) is 0. The zero-order chi connectivity index (χ0) is 26.2. The Morgan fingerprint density at radius 1 is 0.500 bits per heavy atom. The first-order chi connectivity index (χ1) is 19.9. The van der Waals surface area contributed by atoms with E-state index < -0.39 is 0 Å². The number of hydrogen-bond donors (Lipinski definition) is 0. The van der Waals surface area contributed by atoms with E-state index in [2.05, 4.69) is 149 Å². The number of furan rings is 1. The van der Waals surface area contributed by atoms with Crippen molar-refractivity contribution in [1.82, 2.24) is 0 Å². The van der Waals surface area contributed by atoms with E-state index >= 15 is 0 Å². The Bertz CT molecular complexity index is 2080. The number of benzene rings is 6. The largest absolute Gasteiger partial charge is 0.468 e. The predicted molar refractivity (Wildman–Crippen MR) is 168 cm³/mol. The first kappa shape index (κ1) is 21.7. The molecular formula is C36H23BN2O. The fourth-order valence-electron chi connectivity index (χ4n) is 6.76. The van der Waals surface area contributed by atoms with Crippen molar-refractivity contribution in [3.8, 4) is 0 Å². The van der Waals surface area contributed by atoms with Gasteiger partial charge in [-0.25, -0.2) is 0 Å². The monoisotopic (exact) mass is 510 g/mol. The van der Waals surface area contributed by atoms with E-state index in [1.54, 1.807) is 0 Å². The lowest BCUT2D eigenvalue weighted by molar-refractivity contribution is 0.651.